The van der Waals surface area contributed by atoms with Gasteiger partial charge in [0.25, 0.3) is 0 Å². The molecule has 0 spiro atoms. The van der Waals surface area contributed by atoms with Crippen LogP contribution in [0, 0.1) is 0 Å². The number of nitrogens with zero attached hydrogens (tertiary/aromatic N) is 1. The van der Waals surface area contributed by atoms with Crippen molar-refractivity contribution < 1.29 is 4.79 Å². The summed E-state index contributed by atoms with van der Waals surface area (Å²) < 4.78 is 0. The molecule has 148 valence electrons. The Hall–Kier alpha value is -2.49. The highest BCUT2D eigenvalue weighted by Gasteiger charge is 2.41. The Morgan fingerprint density at radius 2 is 1.83 bits per heavy atom. The summed E-state index contributed by atoms with van der Waals surface area (Å²) in [6.07, 6.45) is 1.70. The standard InChI is InChI=1S/C24H22Cl2N2O/c1-4-28-20-12-9-15-7-5-6-8-17(15)23(20)24(2,3)21(28)14-22(29)27-16-10-11-18(25)19(26)13-16/h5-14H,4H2,1-3H3,(H,27,29)/b21-14-. The van der Waals surface area contributed by atoms with E-state index in [0.29, 0.717) is 15.7 Å². The Kier molecular flexibility index (Phi) is 5.05. The van der Waals surface area contributed by atoms with E-state index in [4.69, 9.17) is 23.2 Å². The largest absolute Gasteiger partial charge is 0.344 e. The van der Waals surface area contributed by atoms with Gasteiger partial charge in [0.1, 0.15) is 0 Å². The summed E-state index contributed by atoms with van der Waals surface area (Å²) in [6, 6.07) is 17.8. The van der Waals surface area contributed by atoms with Gasteiger partial charge >= 0.3 is 0 Å². The van der Waals surface area contributed by atoms with Crippen molar-refractivity contribution in [1.29, 1.82) is 0 Å². The minimum atomic E-state index is -0.304. The molecule has 1 aliphatic heterocycles. The number of halogens is 2. The molecule has 0 saturated carbocycles. The van der Waals surface area contributed by atoms with Crippen molar-refractivity contribution in [2.75, 3.05) is 16.8 Å². The van der Waals surface area contributed by atoms with Crippen molar-refractivity contribution in [1.82, 2.24) is 0 Å². The Labute approximate surface area is 180 Å². The molecule has 0 radical (unpaired) electrons. The fourth-order valence-corrected chi connectivity index (χ4v) is 4.51. The fraction of sp³-hybridized carbons (Fsp3) is 0.208. The number of nitrogens with one attached hydrogen (secondary N) is 1. The minimum absolute atomic E-state index is 0.193. The summed E-state index contributed by atoms with van der Waals surface area (Å²) >= 11 is 12.0. The highest BCUT2D eigenvalue weighted by atomic mass is 35.5. The van der Waals surface area contributed by atoms with Gasteiger partial charge in [-0.1, -0.05) is 67.4 Å². The number of carbonyl (C=O) groups excluding carboxylic acids is 1. The van der Waals surface area contributed by atoms with Gasteiger partial charge in [-0.25, -0.2) is 0 Å². The molecule has 0 fully saturated rings. The fourth-order valence-electron chi connectivity index (χ4n) is 4.21. The Morgan fingerprint density at radius 3 is 2.55 bits per heavy atom. The molecular weight excluding hydrogens is 403 g/mol. The van der Waals surface area contributed by atoms with Crippen LogP contribution in [0.3, 0.4) is 0 Å². The lowest BCUT2D eigenvalue weighted by Crippen LogP contribution is -2.28. The van der Waals surface area contributed by atoms with Crippen LogP contribution in [0.5, 0.6) is 0 Å². The lowest BCUT2D eigenvalue weighted by molar-refractivity contribution is -0.112. The molecule has 29 heavy (non-hydrogen) atoms. The Balaban J connectivity index is 1.75. The van der Waals surface area contributed by atoms with Crippen molar-refractivity contribution in [2.45, 2.75) is 26.2 Å². The summed E-state index contributed by atoms with van der Waals surface area (Å²) in [7, 11) is 0. The molecule has 3 aromatic rings. The second kappa shape index (κ2) is 7.40. The number of hydrogen-bond acceptors (Lipinski definition) is 2. The molecule has 5 heteroatoms. The van der Waals surface area contributed by atoms with Gasteiger partial charge in [-0.2, -0.15) is 0 Å². The molecular formula is C24H22Cl2N2O. The van der Waals surface area contributed by atoms with Gasteiger partial charge < -0.3 is 10.2 Å². The molecule has 1 aliphatic rings. The van der Waals surface area contributed by atoms with E-state index in [9.17, 15) is 4.79 Å². The highest BCUT2D eigenvalue weighted by molar-refractivity contribution is 6.42. The minimum Gasteiger partial charge on any atom is -0.344 e. The molecule has 1 heterocycles. The second-order valence-corrected chi connectivity index (χ2v) is 8.51. The predicted molar refractivity (Wildman–Crippen MR) is 123 cm³/mol. The molecule has 0 saturated heterocycles. The number of anilines is 2. The number of carbonyl (C=O) groups is 1. The van der Waals surface area contributed by atoms with Crippen LogP contribution in [-0.2, 0) is 10.2 Å². The van der Waals surface area contributed by atoms with Crippen LogP contribution in [0.1, 0.15) is 26.3 Å². The molecule has 0 aromatic heterocycles. The van der Waals surface area contributed by atoms with Crippen LogP contribution >= 0.6 is 23.2 Å². The van der Waals surface area contributed by atoms with Crippen LogP contribution in [-0.4, -0.2) is 12.5 Å². The van der Waals surface area contributed by atoms with Gasteiger partial charge in [0, 0.05) is 35.1 Å². The van der Waals surface area contributed by atoms with E-state index >= 15 is 0 Å². The van der Waals surface area contributed by atoms with Crippen molar-refractivity contribution >= 4 is 51.3 Å². The van der Waals surface area contributed by atoms with Crippen molar-refractivity contribution in [2.24, 2.45) is 0 Å². The molecule has 0 bridgehead atoms. The van der Waals surface area contributed by atoms with Crippen LogP contribution in [0.15, 0.2) is 66.4 Å². The first-order chi connectivity index (χ1) is 13.8. The summed E-state index contributed by atoms with van der Waals surface area (Å²) in [5.41, 5.74) is 3.70. The molecule has 0 atom stereocenters. The van der Waals surface area contributed by atoms with Crippen LogP contribution in [0.2, 0.25) is 10.0 Å². The van der Waals surface area contributed by atoms with Crippen LogP contribution in [0.4, 0.5) is 11.4 Å². The molecule has 4 rings (SSSR count). The second-order valence-electron chi connectivity index (χ2n) is 7.70. The number of rotatable bonds is 3. The highest BCUT2D eigenvalue weighted by Crippen LogP contribution is 2.50. The third-order valence-electron chi connectivity index (χ3n) is 5.53. The summed E-state index contributed by atoms with van der Waals surface area (Å²) in [4.78, 5) is 15.1. The van der Waals surface area contributed by atoms with E-state index in [1.165, 1.54) is 16.3 Å². The molecule has 1 N–H and O–H groups in total. The third kappa shape index (κ3) is 3.39. The lowest BCUT2D eigenvalue weighted by Gasteiger charge is -2.26. The lowest BCUT2D eigenvalue weighted by atomic mass is 9.81. The number of hydrogen-bond donors (Lipinski definition) is 1. The van der Waals surface area contributed by atoms with Gasteiger partial charge in [0.2, 0.25) is 5.91 Å². The van der Waals surface area contributed by atoms with Crippen molar-refractivity contribution in [3.05, 3.63) is 82.0 Å². The van der Waals surface area contributed by atoms with E-state index in [0.717, 1.165) is 17.9 Å². The maximum absolute atomic E-state index is 12.8. The summed E-state index contributed by atoms with van der Waals surface area (Å²) in [6.45, 7) is 7.23. The monoisotopic (exact) mass is 424 g/mol. The zero-order chi connectivity index (χ0) is 20.8. The zero-order valence-electron chi connectivity index (χ0n) is 16.6. The van der Waals surface area contributed by atoms with Crippen LogP contribution in [0.25, 0.3) is 10.8 Å². The molecule has 3 nitrogen and oxygen atoms in total. The Bertz CT molecular complexity index is 1150. The van der Waals surface area contributed by atoms with E-state index in [-0.39, 0.29) is 11.3 Å². The molecule has 0 unspecified atom stereocenters. The van der Waals surface area contributed by atoms with Crippen molar-refractivity contribution in [3.63, 3.8) is 0 Å². The topological polar surface area (TPSA) is 32.3 Å². The predicted octanol–water partition coefficient (Wildman–Crippen LogP) is 6.79. The maximum atomic E-state index is 12.8. The van der Waals surface area contributed by atoms with Gasteiger partial charge in [-0.3, -0.25) is 4.79 Å². The number of likely N-dealkylation sites (N-methyl/N-ethyl adjacent to an activating group) is 1. The van der Waals surface area contributed by atoms with E-state index in [1.54, 1.807) is 24.3 Å². The van der Waals surface area contributed by atoms with Crippen molar-refractivity contribution in [3.8, 4) is 0 Å². The summed E-state index contributed by atoms with van der Waals surface area (Å²) in [5.74, 6) is -0.193. The molecule has 1 amide bonds. The quantitative estimate of drug-likeness (QED) is 0.469. The first-order valence-electron chi connectivity index (χ1n) is 9.61. The Morgan fingerprint density at radius 1 is 1.07 bits per heavy atom. The number of fused-ring (bicyclic) bond motifs is 3. The van der Waals surface area contributed by atoms with E-state index < -0.39 is 0 Å². The number of allylic oxidation sites excluding steroid dienone is 1. The third-order valence-corrected chi connectivity index (χ3v) is 6.26. The normalized spacial score (nSPS) is 16.3. The van der Waals surface area contributed by atoms with Crippen LogP contribution < -0.4 is 10.2 Å². The smallest absolute Gasteiger partial charge is 0.250 e. The van der Waals surface area contributed by atoms with E-state index in [2.05, 4.69) is 67.4 Å². The molecule has 0 aliphatic carbocycles. The van der Waals surface area contributed by atoms with E-state index in [1.807, 2.05) is 0 Å². The maximum Gasteiger partial charge on any atom is 0.250 e. The van der Waals surface area contributed by atoms with Gasteiger partial charge in [0.15, 0.2) is 0 Å². The summed E-state index contributed by atoms with van der Waals surface area (Å²) in [5, 5.41) is 6.19. The number of benzene rings is 3. The average molecular weight is 425 g/mol. The SMILES string of the molecule is CCN1/C(=C\C(=O)Nc2ccc(Cl)c(Cl)c2)C(C)(C)c2c1ccc1ccccc21. The van der Waals surface area contributed by atoms with Gasteiger partial charge in [-0.05, 0) is 47.5 Å². The average Bonchev–Trinajstić information content (AvgIpc) is 2.91. The van der Waals surface area contributed by atoms with Gasteiger partial charge in [-0.15, -0.1) is 0 Å². The zero-order valence-corrected chi connectivity index (χ0v) is 18.1. The first-order valence-corrected chi connectivity index (χ1v) is 10.4. The first kappa shape index (κ1) is 19.8. The number of amides is 1. The molecule has 3 aromatic carbocycles. The van der Waals surface area contributed by atoms with Gasteiger partial charge in [0.05, 0.1) is 10.0 Å².